The Kier molecular flexibility index (Phi) is 5.02. The van der Waals surface area contributed by atoms with Crippen LogP contribution in [0.1, 0.15) is 11.1 Å². The van der Waals surface area contributed by atoms with Gasteiger partial charge >= 0.3 is 0 Å². The predicted octanol–water partition coefficient (Wildman–Crippen LogP) is 3.34. The number of ether oxygens (including phenoxy) is 1. The zero-order valence-electron chi connectivity index (χ0n) is 12.3. The van der Waals surface area contributed by atoms with Crippen molar-refractivity contribution in [1.82, 2.24) is 5.06 Å². The Morgan fingerprint density at radius 3 is 2.50 bits per heavy atom. The Labute approximate surface area is 120 Å². The van der Waals surface area contributed by atoms with Gasteiger partial charge in [0, 0.05) is 14.1 Å². The summed E-state index contributed by atoms with van der Waals surface area (Å²) in [6.07, 6.45) is 1.90. The molecule has 3 heteroatoms. The van der Waals surface area contributed by atoms with Crippen molar-refractivity contribution >= 4 is 0 Å². The van der Waals surface area contributed by atoms with Crippen molar-refractivity contribution in [2.75, 3.05) is 21.2 Å². The van der Waals surface area contributed by atoms with Gasteiger partial charge < -0.3 is 9.57 Å². The number of benzene rings is 2. The first-order chi connectivity index (χ1) is 9.69. The third-order valence-electron chi connectivity index (χ3n) is 3.07. The van der Waals surface area contributed by atoms with Crippen molar-refractivity contribution in [3.8, 4) is 11.5 Å². The Balaban J connectivity index is 2.06. The Bertz CT molecular complexity index is 552. The van der Waals surface area contributed by atoms with E-state index in [-0.39, 0.29) is 0 Å². The minimum absolute atomic E-state index is 0.903. The molecule has 0 amide bonds. The van der Waals surface area contributed by atoms with Crippen LogP contribution in [0.5, 0.6) is 11.5 Å². The maximum atomic E-state index is 5.69. The van der Waals surface area contributed by atoms with Crippen molar-refractivity contribution in [2.24, 2.45) is 0 Å². The van der Waals surface area contributed by atoms with Crippen molar-refractivity contribution in [3.05, 3.63) is 59.7 Å². The first-order valence-corrected chi connectivity index (χ1v) is 6.75. The number of methoxy groups -OCH3 is 1. The zero-order valence-corrected chi connectivity index (χ0v) is 12.3. The number of nitrogens with zero attached hydrogens (tertiary/aromatic N) is 1. The van der Waals surface area contributed by atoms with Crippen LogP contribution in [-0.4, -0.2) is 26.3 Å². The SMILES string of the molecule is COc1cccc(CCc2ccccc2ON(C)C)c1. The third kappa shape index (κ3) is 4.00. The highest BCUT2D eigenvalue weighted by Crippen LogP contribution is 2.21. The lowest BCUT2D eigenvalue weighted by Gasteiger charge is -2.15. The van der Waals surface area contributed by atoms with E-state index < -0.39 is 0 Å². The lowest BCUT2D eigenvalue weighted by Crippen LogP contribution is -2.17. The number of para-hydroxylation sites is 1. The molecule has 2 aromatic rings. The fourth-order valence-electron chi connectivity index (χ4n) is 2.10. The fourth-order valence-corrected chi connectivity index (χ4v) is 2.10. The molecule has 0 aromatic heterocycles. The summed E-state index contributed by atoms with van der Waals surface area (Å²) in [5.41, 5.74) is 2.48. The first-order valence-electron chi connectivity index (χ1n) is 6.75. The zero-order chi connectivity index (χ0) is 14.4. The van der Waals surface area contributed by atoms with Gasteiger partial charge in [0.25, 0.3) is 0 Å². The van der Waals surface area contributed by atoms with E-state index in [0.717, 1.165) is 24.3 Å². The van der Waals surface area contributed by atoms with Crippen LogP contribution in [0.4, 0.5) is 0 Å². The van der Waals surface area contributed by atoms with Gasteiger partial charge in [0.1, 0.15) is 5.75 Å². The second-order valence-corrected chi connectivity index (χ2v) is 4.86. The standard InChI is InChI=1S/C17H21NO2/c1-18(2)20-17-10-5-4-8-15(17)12-11-14-7-6-9-16(13-14)19-3/h4-10,13H,11-12H2,1-3H3. The number of hydroxylamine groups is 2. The van der Waals surface area contributed by atoms with E-state index in [0.29, 0.717) is 0 Å². The van der Waals surface area contributed by atoms with E-state index >= 15 is 0 Å². The lowest BCUT2D eigenvalue weighted by molar-refractivity contribution is -0.00428. The average Bonchev–Trinajstić information content (AvgIpc) is 2.46. The minimum Gasteiger partial charge on any atom is -0.497 e. The topological polar surface area (TPSA) is 21.7 Å². The summed E-state index contributed by atoms with van der Waals surface area (Å²) in [5, 5.41) is 1.71. The highest BCUT2D eigenvalue weighted by Gasteiger charge is 2.05. The van der Waals surface area contributed by atoms with Crippen LogP contribution in [0.2, 0.25) is 0 Å². The van der Waals surface area contributed by atoms with Gasteiger partial charge in [-0.25, -0.2) is 0 Å². The van der Waals surface area contributed by atoms with E-state index in [4.69, 9.17) is 9.57 Å². The van der Waals surface area contributed by atoms with Crippen LogP contribution < -0.4 is 9.57 Å². The molecule has 2 aromatic carbocycles. The molecule has 3 nitrogen and oxygen atoms in total. The molecule has 0 aliphatic heterocycles. The van der Waals surface area contributed by atoms with Gasteiger partial charge in [-0.15, -0.1) is 0 Å². The monoisotopic (exact) mass is 271 g/mol. The molecule has 0 unspecified atom stereocenters. The van der Waals surface area contributed by atoms with Crippen LogP contribution in [-0.2, 0) is 12.8 Å². The molecular formula is C17H21NO2. The summed E-state index contributed by atoms with van der Waals surface area (Å²) in [7, 11) is 5.47. The lowest BCUT2D eigenvalue weighted by atomic mass is 10.0. The van der Waals surface area contributed by atoms with E-state index in [1.54, 1.807) is 12.2 Å². The smallest absolute Gasteiger partial charge is 0.150 e. The molecule has 2 rings (SSSR count). The Hall–Kier alpha value is -2.00. The van der Waals surface area contributed by atoms with Gasteiger partial charge in [0.2, 0.25) is 0 Å². The van der Waals surface area contributed by atoms with Crippen molar-refractivity contribution in [1.29, 1.82) is 0 Å². The first kappa shape index (κ1) is 14.4. The van der Waals surface area contributed by atoms with E-state index in [1.807, 2.05) is 44.4 Å². The van der Waals surface area contributed by atoms with E-state index in [9.17, 15) is 0 Å². The summed E-state index contributed by atoms with van der Waals surface area (Å²) < 4.78 is 5.25. The quantitative estimate of drug-likeness (QED) is 0.752. The van der Waals surface area contributed by atoms with Crippen molar-refractivity contribution in [2.45, 2.75) is 12.8 Å². The number of aryl methyl sites for hydroxylation is 2. The van der Waals surface area contributed by atoms with Gasteiger partial charge in [-0.3, -0.25) is 0 Å². The second-order valence-electron chi connectivity index (χ2n) is 4.86. The molecular weight excluding hydrogens is 250 g/mol. The molecule has 0 fully saturated rings. The molecule has 0 spiro atoms. The predicted molar refractivity (Wildman–Crippen MR) is 81.2 cm³/mol. The summed E-state index contributed by atoms with van der Waals surface area (Å²) in [6, 6.07) is 16.3. The number of hydrogen-bond acceptors (Lipinski definition) is 3. The largest absolute Gasteiger partial charge is 0.497 e. The molecule has 0 aliphatic rings. The van der Waals surface area contributed by atoms with Crippen LogP contribution in [0.15, 0.2) is 48.5 Å². The summed E-state index contributed by atoms with van der Waals surface area (Å²) in [5.74, 6) is 1.82. The molecule has 0 N–H and O–H groups in total. The highest BCUT2D eigenvalue weighted by molar-refractivity contribution is 5.35. The molecule has 0 saturated carbocycles. The van der Waals surface area contributed by atoms with Crippen LogP contribution >= 0.6 is 0 Å². The molecule has 0 radical (unpaired) electrons. The molecule has 0 saturated heterocycles. The average molecular weight is 271 g/mol. The molecule has 20 heavy (non-hydrogen) atoms. The summed E-state index contributed by atoms with van der Waals surface area (Å²) in [6.45, 7) is 0. The maximum absolute atomic E-state index is 5.69. The molecule has 0 atom stereocenters. The highest BCUT2D eigenvalue weighted by atomic mass is 16.7. The minimum atomic E-state index is 0.903. The molecule has 106 valence electrons. The van der Waals surface area contributed by atoms with Crippen LogP contribution in [0.3, 0.4) is 0 Å². The van der Waals surface area contributed by atoms with Crippen molar-refractivity contribution in [3.63, 3.8) is 0 Å². The van der Waals surface area contributed by atoms with Gasteiger partial charge in [0.15, 0.2) is 5.75 Å². The summed E-state index contributed by atoms with van der Waals surface area (Å²) in [4.78, 5) is 5.69. The van der Waals surface area contributed by atoms with Crippen LogP contribution in [0, 0.1) is 0 Å². The maximum Gasteiger partial charge on any atom is 0.150 e. The fraction of sp³-hybridized carbons (Fsp3) is 0.294. The van der Waals surface area contributed by atoms with Crippen molar-refractivity contribution < 1.29 is 9.57 Å². The third-order valence-corrected chi connectivity index (χ3v) is 3.07. The van der Waals surface area contributed by atoms with E-state index in [1.165, 1.54) is 11.1 Å². The van der Waals surface area contributed by atoms with Gasteiger partial charge in [-0.1, -0.05) is 30.3 Å². The summed E-state index contributed by atoms with van der Waals surface area (Å²) >= 11 is 0. The van der Waals surface area contributed by atoms with Gasteiger partial charge in [-0.2, -0.15) is 5.06 Å². The van der Waals surface area contributed by atoms with Crippen LogP contribution in [0.25, 0.3) is 0 Å². The van der Waals surface area contributed by atoms with Gasteiger partial charge in [-0.05, 0) is 42.2 Å². The normalized spacial score (nSPS) is 10.6. The molecule has 0 bridgehead atoms. The second kappa shape index (κ2) is 6.96. The Morgan fingerprint density at radius 2 is 1.75 bits per heavy atom. The van der Waals surface area contributed by atoms with E-state index in [2.05, 4.69) is 18.2 Å². The van der Waals surface area contributed by atoms with Gasteiger partial charge in [0.05, 0.1) is 7.11 Å². The number of hydrogen-bond donors (Lipinski definition) is 0. The molecule has 0 heterocycles. The number of rotatable bonds is 6. The Morgan fingerprint density at radius 1 is 0.950 bits per heavy atom. The molecule has 0 aliphatic carbocycles.